The molecular weight excluding hydrogens is 314 g/mol. The summed E-state index contributed by atoms with van der Waals surface area (Å²) in [5, 5.41) is 12.2. The third-order valence-corrected chi connectivity index (χ3v) is 4.72. The van der Waals surface area contributed by atoms with E-state index >= 15 is 0 Å². The Bertz CT molecular complexity index is 514. The molecule has 1 aliphatic rings. The van der Waals surface area contributed by atoms with Crippen LogP contribution in [0.1, 0.15) is 27.7 Å². The lowest BCUT2D eigenvalue weighted by atomic mass is 10.2. The highest BCUT2D eigenvalue weighted by Gasteiger charge is 2.23. The highest BCUT2D eigenvalue weighted by atomic mass is 32.2. The van der Waals surface area contributed by atoms with Gasteiger partial charge in [0.25, 0.3) is 0 Å². The summed E-state index contributed by atoms with van der Waals surface area (Å²) in [6, 6.07) is 0. The van der Waals surface area contributed by atoms with Crippen LogP contribution in [0.15, 0.2) is 5.16 Å². The van der Waals surface area contributed by atoms with Gasteiger partial charge in [-0.3, -0.25) is 9.36 Å². The molecule has 1 aromatic rings. The average molecular weight is 341 g/mol. The van der Waals surface area contributed by atoms with Crippen molar-refractivity contribution in [3.63, 3.8) is 0 Å². The number of ether oxygens (including phenoxy) is 1. The van der Waals surface area contributed by atoms with Crippen molar-refractivity contribution in [2.75, 3.05) is 37.7 Å². The molecule has 1 amide bonds. The maximum atomic E-state index is 12.1. The first-order valence-corrected chi connectivity index (χ1v) is 9.11. The zero-order valence-corrected chi connectivity index (χ0v) is 15.2. The summed E-state index contributed by atoms with van der Waals surface area (Å²) in [6.45, 7) is 12.7. The lowest BCUT2D eigenvalue weighted by molar-refractivity contribution is -0.120. The normalized spacial score (nSPS) is 16.7. The molecule has 1 N–H and O–H groups in total. The van der Waals surface area contributed by atoms with E-state index in [0.717, 1.165) is 30.7 Å². The van der Waals surface area contributed by atoms with Gasteiger partial charge < -0.3 is 15.0 Å². The molecule has 1 saturated heterocycles. The number of carbonyl (C=O) groups excluding carboxylic acids is 1. The summed E-state index contributed by atoms with van der Waals surface area (Å²) in [4.78, 5) is 14.3. The Morgan fingerprint density at radius 2 is 2.00 bits per heavy atom. The van der Waals surface area contributed by atoms with E-state index in [-0.39, 0.29) is 11.2 Å². The van der Waals surface area contributed by atoms with Gasteiger partial charge in [0.15, 0.2) is 5.16 Å². The van der Waals surface area contributed by atoms with Crippen LogP contribution in [-0.2, 0) is 16.1 Å². The van der Waals surface area contributed by atoms with Crippen LogP contribution in [0.25, 0.3) is 0 Å². The highest BCUT2D eigenvalue weighted by Crippen LogP contribution is 2.26. The number of aromatic nitrogens is 3. The highest BCUT2D eigenvalue weighted by molar-refractivity contribution is 8.00. The summed E-state index contributed by atoms with van der Waals surface area (Å²) < 4.78 is 7.46. The van der Waals surface area contributed by atoms with Crippen molar-refractivity contribution < 1.29 is 9.53 Å². The van der Waals surface area contributed by atoms with E-state index in [1.165, 1.54) is 11.8 Å². The third kappa shape index (κ3) is 4.84. The van der Waals surface area contributed by atoms with Crippen LogP contribution in [0.5, 0.6) is 0 Å². The molecule has 1 unspecified atom stereocenters. The molecule has 0 radical (unpaired) electrons. The predicted molar refractivity (Wildman–Crippen MR) is 91.9 cm³/mol. The van der Waals surface area contributed by atoms with Crippen molar-refractivity contribution in [1.82, 2.24) is 20.1 Å². The van der Waals surface area contributed by atoms with Crippen molar-refractivity contribution in [2.24, 2.45) is 5.92 Å². The second-order valence-electron chi connectivity index (χ2n) is 6.03. The number of amides is 1. The Hall–Kier alpha value is -1.28. The second-order valence-corrected chi connectivity index (χ2v) is 7.33. The molecule has 0 spiro atoms. The maximum absolute atomic E-state index is 12.1. The number of hydrogen-bond donors (Lipinski definition) is 1. The molecule has 0 aromatic carbocycles. The van der Waals surface area contributed by atoms with Crippen molar-refractivity contribution in [2.45, 2.75) is 44.6 Å². The number of thioether (sulfide) groups is 1. The van der Waals surface area contributed by atoms with Crippen LogP contribution >= 0.6 is 11.8 Å². The molecule has 0 aliphatic carbocycles. The van der Waals surface area contributed by atoms with E-state index in [2.05, 4.69) is 45.8 Å². The summed E-state index contributed by atoms with van der Waals surface area (Å²) in [6.07, 6.45) is 0. The minimum absolute atomic E-state index is 0.0438. The summed E-state index contributed by atoms with van der Waals surface area (Å²) in [7, 11) is 0. The van der Waals surface area contributed by atoms with Crippen molar-refractivity contribution >= 4 is 23.6 Å². The molecule has 1 aromatic heterocycles. The Morgan fingerprint density at radius 3 is 2.61 bits per heavy atom. The number of morpholine rings is 1. The van der Waals surface area contributed by atoms with E-state index in [4.69, 9.17) is 4.74 Å². The molecule has 0 saturated carbocycles. The van der Waals surface area contributed by atoms with Gasteiger partial charge in [-0.05, 0) is 19.8 Å². The number of nitrogens with one attached hydrogen (secondary N) is 1. The van der Waals surface area contributed by atoms with Gasteiger partial charge in [-0.25, -0.2) is 0 Å². The van der Waals surface area contributed by atoms with Gasteiger partial charge in [0.2, 0.25) is 11.9 Å². The first kappa shape index (κ1) is 18.1. The molecular formula is C15H27N5O2S. The standard InChI is InChI=1S/C15H27N5O2S/c1-5-20-14(19-6-8-22-9-7-19)17-18-15(20)23-12(4)13(21)16-10-11(2)3/h11-12H,5-10H2,1-4H3,(H,16,21). The molecule has 1 aliphatic heterocycles. The molecule has 8 heteroatoms. The largest absolute Gasteiger partial charge is 0.378 e. The molecule has 23 heavy (non-hydrogen) atoms. The van der Waals surface area contributed by atoms with Crippen molar-refractivity contribution in [1.29, 1.82) is 0 Å². The quantitative estimate of drug-likeness (QED) is 0.756. The van der Waals surface area contributed by atoms with Gasteiger partial charge in [-0.1, -0.05) is 25.6 Å². The van der Waals surface area contributed by atoms with Crippen LogP contribution in [0.4, 0.5) is 5.95 Å². The summed E-state index contributed by atoms with van der Waals surface area (Å²) >= 11 is 1.46. The van der Waals surface area contributed by atoms with Gasteiger partial charge in [0.1, 0.15) is 0 Å². The predicted octanol–water partition coefficient (Wildman–Crippen LogP) is 1.39. The van der Waals surface area contributed by atoms with E-state index in [0.29, 0.717) is 25.7 Å². The van der Waals surface area contributed by atoms with E-state index < -0.39 is 0 Å². The van der Waals surface area contributed by atoms with Gasteiger partial charge in [0, 0.05) is 26.2 Å². The Balaban J connectivity index is 2.02. The fourth-order valence-corrected chi connectivity index (χ4v) is 3.23. The van der Waals surface area contributed by atoms with Crippen LogP contribution in [0.3, 0.4) is 0 Å². The molecule has 130 valence electrons. The van der Waals surface area contributed by atoms with Gasteiger partial charge in [0.05, 0.1) is 18.5 Å². The van der Waals surface area contributed by atoms with Crippen LogP contribution in [-0.4, -0.2) is 58.8 Å². The van der Waals surface area contributed by atoms with Gasteiger partial charge in [-0.2, -0.15) is 0 Å². The van der Waals surface area contributed by atoms with E-state index in [1.807, 2.05) is 6.92 Å². The SMILES string of the molecule is CCn1c(SC(C)C(=O)NCC(C)C)nnc1N1CCOCC1. The number of hydrogen-bond acceptors (Lipinski definition) is 6. The first-order valence-electron chi connectivity index (χ1n) is 8.23. The smallest absolute Gasteiger partial charge is 0.233 e. The first-order chi connectivity index (χ1) is 11.0. The molecule has 1 fully saturated rings. The monoisotopic (exact) mass is 341 g/mol. The maximum Gasteiger partial charge on any atom is 0.233 e. The van der Waals surface area contributed by atoms with Gasteiger partial charge in [-0.15, -0.1) is 10.2 Å². The summed E-state index contributed by atoms with van der Waals surface area (Å²) in [5.74, 6) is 1.36. The zero-order valence-electron chi connectivity index (χ0n) is 14.4. The fraction of sp³-hybridized carbons (Fsp3) is 0.800. The lowest BCUT2D eigenvalue weighted by Crippen LogP contribution is -2.38. The lowest BCUT2D eigenvalue weighted by Gasteiger charge is -2.27. The fourth-order valence-electron chi connectivity index (χ4n) is 2.30. The zero-order chi connectivity index (χ0) is 16.8. The molecule has 7 nitrogen and oxygen atoms in total. The molecule has 2 rings (SSSR count). The van der Waals surface area contributed by atoms with E-state index in [9.17, 15) is 4.79 Å². The minimum Gasteiger partial charge on any atom is -0.378 e. The summed E-state index contributed by atoms with van der Waals surface area (Å²) in [5.41, 5.74) is 0. The molecule has 1 atom stereocenters. The third-order valence-electron chi connectivity index (χ3n) is 3.64. The Kier molecular flexibility index (Phi) is 6.71. The van der Waals surface area contributed by atoms with Crippen LogP contribution in [0.2, 0.25) is 0 Å². The van der Waals surface area contributed by atoms with E-state index in [1.54, 1.807) is 0 Å². The molecule has 2 heterocycles. The topological polar surface area (TPSA) is 72.3 Å². The van der Waals surface area contributed by atoms with Crippen molar-refractivity contribution in [3.05, 3.63) is 0 Å². The number of rotatable bonds is 7. The van der Waals surface area contributed by atoms with Crippen LogP contribution in [0, 0.1) is 5.92 Å². The average Bonchev–Trinajstić information content (AvgIpc) is 2.95. The number of carbonyl (C=O) groups is 1. The number of nitrogens with zero attached hydrogens (tertiary/aromatic N) is 4. The Labute approximate surface area is 142 Å². The molecule has 0 bridgehead atoms. The van der Waals surface area contributed by atoms with Crippen LogP contribution < -0.4 is 10.2 Å². The second kappa shape index (κ2) is 8.54. The number of anilines is 1. The van der Waals surface area contributed by atoms with Gasteiger partial charge >= 0.3 is 0 Å². The Morgan fingerprint density at radius 1 is 1.30 bits per heavy atom. The minimum atomic E-state index is -0.194. The van der Waals surface area contributed by atoms with Crippen molar-refractivity contribution in [3.8, 4) is 0 Å².